The van der Waals surface area contributed by atoms with E-state index in [2.05, 4.69) is 21.2 Å². The summed E-state index contributed by atoms with van der Waals surface area (Å²) >= 11 is 3.24. The van der Waals surface area contributed by atoms with Gasteiger partial charge in [0.15, 0.2) is 0 Å². The van der Waals surface area contributed by atoms with Crippen molar-refractivity contribution < 1.29 is 9.90 Å². The Labute approximate surface area is 125 Å². The number of halogens is 1. The number of aromatic hydroxyl groups is 1. The summed E-state index contributed by atoms with van der Waals surface area (Å²) in [6.07, 6.45) is 0. The normalized spacial score (nSPS) is 10.3. The molecule has 4 N–H and O–H groups in total. The van der Waals surface area contributed by atoms with Gasteiger partial charge in [0.2, 0.25) is 0 Å². The summed E-state index contributed by atoms with van der Waals surface area (Å²) in [5.41, 5.74) is 9.09. The Bertz CT molecular complexity index is 684. The van der Waals surface area contributed by atoms with Gasteiger partial charge < -0.3 is 16.2 Å². The molecule has 0 unspecified atom stereocenters. The van der Waals surface area contributed by atoms with Crippen LogP contribution in [0, 0.1) is 13.8 Å². The van der Waals surface area contributed by atoms with Crippen molar-refractivity contribution in [2.75, 3.05) is 11.1 Å². The first-order chi connectivity index (χ1) is 9.40. The summed E-state index contributed by atoms with van der Waals surface area (Å²) < 4.78 is 0.711. The first-order valence-corrected chi connectivity index (χ1v) is 6.85. The minimum Gasteiger partial charge on any atom is -0.507 e. The third-order valence-electron chi connectivity index (χ3n) is 3.16. The third-order valence-corrected chi connectivity index (χ3v) is 3.65. The first kappa shape index (κ1) is 14.4. The van der Waals surface area contributed by atoms with Crippen LogP contribution in [0.5, 0.6) is 5.75 Å². The third kappa shape index (κ3) is 2.77. The molecule has 0 saturated carbocycles. The molecule has 2 aromatic rings. The second kappa shape index (κ2) is 5.54. The largest absolute Gasteiger partial charge is 0.507 e. The molecule has 4 nitrogen and oxygen atoms in total. The zero-order valence-electron chi connectivity index (χ0n) is 11.2. The molecule has 0 atom stereocenters. The van der Waals surface area contributed by atoms with Crippen molar-refractivity contribution in [3.8, 4) is 5.75 Å². The number of nitrogens with one attached hydrogen (secondary N) is 1. The molecule has 0 heterocycles. The molecule has 20 heavy (non-hydrogen) atoms. The van der Waals surface area contributed by atoms with Gasteiger partial charge in [-0.15, -0.1) is 0 Å². The Kier molecular flexibility index (Phi) is 3.99. The maximum Gasteiger partial charge on any atom is 0.259 e. The highest BCUT2D eigenvalue weighted by Crippen LogP contribution is 2.28. The number of carbonyl (C=O) groups is 1. The van der Waals surface area contributed by atoms with E-state index >= 15 is 0 Å². The van der Waals surface area contributed by atoms with Crippen LogP contribution in [0.3, 0.4) is 0 Å². The first-order valence-electron chi connectivity index (χ1n) is 6.05. The molecule has 0 aliphatic heterocycles. The molecular weight excluding hydrogens is 320 g/mol. The van der Waals surface area contributed by atoms with E-state index in [9.17, 15) is 9.90 Å². The number of aryl methyl sites for hydroxylation is 1. The summed E-state index contributed by atoms with van der Waals surface area (Å²) in [5, 5.41) is 12.6. The summed E-state index contributed by atoms with van der Waals surface area (Å²) in [6.45, 7) is 3.74. The molecule has 1 amide bonds. The number of nitrogen functional groups attached to an aromatic ring is 1. The number of phenolic OH excluding ortho intramolecular Hbond substituents is 1. The van der Waals surface area contributed by atoms with Crippen molar-refractivity contribution >= 4 is 33.2 Å². The molecule has 0 aliphatic rings. The van der Waals surface area contributed by atoms with Gasteiger partial charge in [-0.25, -0.2) is 0 Å². The van der Waals surface area contributed by atoms with Crippen LogP contribution in [-0.2, 0) is 0 Å². The van der Waals surface area contributed by atoms with Crippen LogP contribution in [0.1, 0.15) is 21.5 Å². The monoisotopic (exact) mass is 334 g/mol. The number of benzene rings is 2. The second-order valence-corrected chi connectivity index (χ2v) is 5.50. The highest BCUT2D eigenvalue weighted by atomic mass is 79.9. The van der Waals surface area contributed by atoms with E-state index in [1.165, 1.54) is 6.07 Å². The zero-order valence-corrected chi connectivity index (χ0v) is 12.8. The smallest absolute Gasteiger partial charge is 0.259 e. The van der Waals surface area contributed by atoms with Gasteiger partial charge in [0.25, 0.3) is 5.91 Å². The van der Waals surface area contributed by atoms with Crippen molar-refractivity contribution in [2.45, 2.75) is 13.8 Å². The number of carbonyl (C=O) groups excluding carboxylic acids is 1. The van der Waals surface area contributed by atoms with Crippen molar-refractivity contribution in [2.24, 2.45) is 0 Å². The van der Waals surface area contributed by atoms with Gasteiger partial charge in [-0.3, -0.25) is 4.79 Å². The quantitative estimate of drug-likeness (QED) is 0.734. The van der Waals surface area contributed by atoms with Gasteiger partial charge in [-0.1, -0.05) is 22.0 Å². The topological polar surface area (TPSA) is 75.3 Å². The lowest BCUT2D eigenvalue weighted by atomic mass is 10.1. The van der Waals surface area contributed by atoms with Crippen LogP contribution in [0.2, 0.25) is 0 Å². The minimum atomic E-state index is -0.369. The van der Waals surface area contributed by atoms with Crippen LogP contribution in [-0.4, -0.2) is 11.0 Å². The molecule has 0 spiro atoms. The second-order valence-electron chi connectivity index (χ2n) is 4.59. The van der Waals surface area contributed by atoms with Crippen molar-refractivity contribution in [1.29, 1.82) is 0 Å². The average Bonchev–Trinajstić information content (AvgIpc) is 2.39. The molecule has 0 radical (unpaired) electrons. The van der Waals surface area contributed by atoms with Gasteiger partial charge in [0.05, 0.1) is 5.56 Å². The van der Waals surface area contributed by atoms with Crippen molar-refractivity contribution in [3.05, 3.63) is 51.5 Å². The summed E-state index contributed by atoms with van der Waals surface area (Å²) in [4.78, 5) is 12.2. The lowest BCUT2D eigenvalue weighted by Crippen LogP contribution is -2.14. The number of amides is 1. The van der Waals surface area contributed by atoms with Gasteiger partial charge in [0, 0.05) is 15.8 Å². The highest BCUT2D eigenvalue weighted by molar-refractivity contribution is 9.10. The summed E-state index contributed by atoms with van der Waals surface area (Å²) in [5.74, 6) is -0.442. The predicted molar refractivity (Wildman–Crippen MR) is 84.1 cm³/mol. The van der Waals surface area contributed by atoms with Crippen LogP contribution in [0.4, 0.5) is 11.4 Å². The molecule has 5 heteroatoms. The molecule has 0 saturated heterocycles. The van der Waals surface area contributed by atoms with Gasteiger partial charge in [-0.2, -0.15) is 0 Å². The molecule has 0 aliphatic carbocycles. The molecule has 0 bridgehead atoms. The Hall–Kier alpha value is -2.01. The fraction of sp³-hybridized carbons (Fsp3) is 0.133. The van der Waals surface area contributed by atoms with Crippen LogP contribution < -0.4 is 11.1 Å². The molecule has 0 fully saturated rings. The fourth-order valence-electron chi connectivity index (χ4n) is 1.93. The number of anilines is 2. The SMILES string of the molecule is Cc1ccc(N)c(C)c1NC(=O)c1ccc(Br)cc1O. The predicted octanol–water partition coefficient (Wildman–Crippen LogP) is 3.61. The molecule has 104 valence electrons. The van der Waals surface area contributed by atoms with Crippen LogP contribution in [0.25, 0.3) is 0 Å². The minimum absolute atomic E-state index is 0.0731. The molecule has 2 rings (SSSR count). The van der Waals surface area contributed by atoms with Gasteiger partial charge in [0.1, 0.15) is 5.75 Å². The van der Waals surface area contributed by atoms with E-state index in [1.807, 2.05) is 19.9 Å². The Morgan fingerprint density at radius 3 is 2.60 bits per heavy atom. The van der Waals surface area contributed by atoms with E-state index in [-0.39, 0.29) is 17.2 Å². The highest BCUT2D eigenvalue weighted by Gasteiger charge is 2.14. The number of hydrogen-bond donors (Lipinski definition) is 3. The van der Waals surface area contributed by atoms with Gasteiger partial charge in [-0.05, 0) is 49.2 Å². The van der Waals surface area contributed by atoms with E-state index in [0.717, 1.165) is 11.1 Å². The summed E-state index contributed by atoms with van der Waals surface area (Å²) in [7, 11) is 0. The number of nitrogens with two attached hydrogens (primary N) is 1. The Balaban J connectivity index is 2.35. The number of rotatable bonds is 2. The van der Waals surface area contributed by atoms with E-state index < -0.39 is 0 Å². The summed E-state index contributed by atoms with van der Waals surface area (Å²) in [6, 6.07) is 8.39. The Morgan fingerprint density at radius 1 is 1.25 bits per heavy atom. The molecule has 2 aromatic carbocycles. The number of phenols is 1. The maximum absolute atomic E-state index is 12.2. The maximum atomic E-state index is 12.2. The van der Waals surface area contributed by atoms with Crippen molar-refractivity contribution in [1.82, 2.24) is 0 Å². The molecule has 0 aromatic heterocycles. The number of hydrogen-bond acceptors (Lipinski definition) is 3. The lowest BCUT2D eigenvalue weighted by Gasteiger charge is -2.14. The van der Waals surface area contributed by atoms with Crippen molar-refractivity contribution in [3.63, 3.8) is 0 Å². The lowest BCUT2D eigenvalue weighted by molar-refractivity contribution is 0.102. The van der Waals surface area contributed by atoms with Crippen LogP contribution >= 0.6 is 15.9 Å². The van der Waals surface area contributed by atoms with E-state index in [0.29, 0.717) is 15.8 Å². The van der Waals surface area contributed by atoms with Gasteiger partial charge >= 0.3 is 0 Å². The van der Waals surface area contributed by atoms with Crippen LogP contribution in [0.15, 0.2) is 34.8 Å². The zero-order chi connectivity index (χ0) is 14.9. The fourth-order valence-corrected chi connectivity index (χ4v) is 2.28. The van der Waals surface area contributed by atoms with E-state index in [4.69, 9.17) is 5.73 Å². The molecular formula is C15H15BrN2O2. The Morgan fingerprint density at radius 2 is 1.95 bits per heavy atom. The van der Waals surface area contributed by atoms with E-state index in [1.54, 1.807) is 18.2 Å². The standard InChI is InChI=1S/C15H15BrN2O2/c1-8-3-6-12(17)9(2)14(8)18-15(20)11-5-4-10(16)7-13(11)19/h3-7,19H,17H2,1-2H3,(H,18,20). The average molecular weight is 335 g/mol.